The van der Waals surface area contributed by atoms with Crippen LogP contribution in [-0.4, -0.2) is 256 Å². The standard InChI is InChI=1S/C15H18IN5O5.C13H16IN5O4.C12H18O7.C10H12IN5O4.C5H4IN5.C5H5N5.CH3F.CH4/c1-4-8-10(24-6(2)22)11(25-7(3)23)15(26-8)21-14-9(12(16)20-21)13(17)18-5-19-14;1-13(2)22-7-5(3-20)21-12(8(7)23-13)19-11-6(9(14)18-19)10(15)16-4-17-11;1-5-9-10(16-6(2)13)11(17-7(3)14)12(19-9)18-8(4)15;11-7-4-8(12)13-2-14-9(4)16(15-7)10-6(19)5(18)3(1-17)20-10;6-3-2-4(7)8-1-9-5(2)11-10-3;6-4-3-1-9-10-5(3)8-2-7-4;1-2;/h5,8,10-11,15H,4H2,1-3H3,(H2,17,18,19);4-5,7-8,12,20H,3H2,1-2H3,(H2,15,16,17);9-12H,5H2,1-4H3;2-3,5-6,10,17-19H,1H2,(H2,12,13,14);1H,(H3,7,8,9,10,11);1-2H,(H3,6,7,8,9,10);1H3;1H4/t8-,10-,11-,15-;5-,7-,8-,12-;9-,10-,11-,12?;3-,5-,6-,10-;;;;/m1111..../s1/i;;;;;;1D;. The fourth-order valence-electron chi connectivity index (χ4n) is 11.9. The number of hydrogen-bond donors (Lipinski definition) is 11. The van der Waals surface area contributed by atoms with Crippen LogP contribution in [0.1, 0.15) is 103 Å². The molecule has 10 aromatic heterocycles. The van der Waals surface area contributed by atoms with Gasteiger partial charge in [0.2, 0.25) is 12.4 Å². The average molecular weight is 2020 g/mol. The van der Waals surface area contributed by atoms with E-state index in [1.165, 1.54) is 75.6 Å². The van der Waals surface area contributed by atoms with Crippen molar-refractivity contribution in [1.29, 1.82) is 0 Å². The Morgan fingerprint density at radius 2 is 0.929 bits per heavy atom. The number of esters is 5. The Kier molecular flexibility index (Phi) is 30.5. The van der Waals surface area contributed by atoms with E-state index in [9.17, 15) is 43.7 Å². The van der Waals surface area contributed by atoms with Gasteiger partial charge >= 0.3 is 29.8 Å². The minimum Gasteiger partial charge on any atom is -0.456 e. The minimum atomic E-state index is -1.22. The van der Waals surface area contributed by atoms with Crippen LogP contribution in [0.5, 0.6) is 0 Å². The number of aliphatic hydroxyl groups excluding tert-OH is 4. The number of halogens is 5. The molecule has 1 unspecified atom stereocenters. The predicted octanol–water partition coefficient (Wildman–Crippen LogP) is 2.48. The Hall–Kier alpha value is -8.45. The zero-order valence-electron chi connectivity index (χ0n) is 60.9. The van der Waals surface area contributed by atoms with Gasteiger partial charge in [-0.1, -0.05) is 21.3 Å². The third-order valence-electron chi connectivity index (χ3n) is 16.4. The second-order valence-electron chi connectivity index (χ2n) is 24.3. The molecule has 608 valence electrons. The van der Waals surface area contributed by atoms with Crippen LogP contribution in [0.25, 0.3) is 55.2 Å². The van der Waals surface area contributed by atoms with Gasteiger partial charge < -0.3 is 101 Å². The summed E-state index contributed by atoms with van der Waals surface area (Å²) in [7, 11) is -1.00. The maximum absolute atomic E-state index is 11.6. The van der Waals surface area contributed by atoms with Crippen LogP contribution in [-0.2, 0) is 76.1 Å². The molecule has 10 aromatic rings. The summed E-state index contributed by atoms with van der Waals surface area (Å²) in [5.74, 6) is -1.55. The number of aliphatic hydroxyl groups is 4. The van der Waals surface area contributed by atoms with Gasteiger partial charge in [0, 0.05) is 34.6 Å². The number of anilines is 5. The largest absolute Gasteiger partial charge is 0.456 e. The third-order valence-corrected chi connectivity index (χ3v) is 19.5. The first-order valence-electron chi connectivity index (χ1n) is 33.6. The molecular weight excluding hydrogens is 1940 g/mol. The van der Waals surface area contributed by atoms with Gasteiger partial charge in [0.25, 0.3) is 0 Å². The number of ether oxygens (including phenoxy) is 11. The molecule has 0 aromatic carbocycles. The smallest absolute Gasteiger partial charge is 0.305 e. The quantitative estimate of drug-likeness (QED) is 0.0475. The van der Waals surface area contributed by atoms with Crippen molar-refractivity contribution in [3.63, 3.8) is 0 Å². The van der Waals surface area contributed by atoms with E-state index >= 15 is 0 Å². The summed E-state index contributed by atoms with van der Waals surface area (Å²) >= 11 is 8.18. The fourth-order valence-corrected chi connectivity index (χ4v) is 14.8. The van der Waals surface area contributed by atoms with E-state index in [-0.39, 0.29) is 31.8 Å². The molecule has 15 rings (SSSR count). The molecule has 15 heterocycles. The summed E-state index contributed by atoms with van der Waals surface area (Å²) in [4.78, 5) is 96.3. The number of alkyl halides is 1. The lowest BCUT2D eigenvalue weighted by atomic mass is 10.1. The van der Waals surface area contributed by atoms with E-state index in [1.54, 1.807) is 10.9 Å². The first-order chi connectivity index (χ1) is 53.2. The third kappa shape index (κ3) is 20.0. The molecule has 5 saturated heterocycles. The maximum atomic E-state index is 11.6. The number of rotatable bonds is 12. The number of aromatic amines is 2. The van der Waals surface area contributed by atoms with E-state index in [4.69, 9.17) is 87.3 Å². The van der Waals surface area contributed by atoms with Gasteiger partial charge in [-0.2, -0.15) is 25.5 Å². The van der Waals surface area contributed by atoms with Crippen LogP contribution < -0.4 is 28.7 Å². The number of hydrogen-bond acceptors (Lipinski definition) is 40. The molecule has 0 spiro atoms. The van der Waals surface area contributed by atoms with Crippen LogP contribution >= 0.6 is 90.4 Å². The van der Waals surface area contributed by atoms with E-state index in [1.807, 2.05) is 72.9 Å². The topological polar surface area (TPSA) is 638 Å². The van der Waals surface area contributed by atoms with E-state index in [0.29, 0.717) is 85.8 Å². The van der Waals surface area contributed by atoms with Crippen LogP contribution in [0, 0.1) is 14.8 Å². The number of carbonyl (C=O) groups is 5. The van der Waals surface area contributed by atoms with Crippen LogP contribution in [0.15, 0.2) is 37.8 Å². The molecule has 0 bridgehead atoms. The van der Waals surface area contributed by atoms with Gasteiger partial charge in [-0.15, -0.1) is 0 Å². The van der Waals surface area contributed by atoms with Crippen LogP contribution in [0.2, 0.25) is 0 Å². The average Bonchev–Trinajstić information content (AvgIpc) is 1.59. The summed E-state index contributed by atoms with van der Waals surface area (Å²) in [5.41, 5.74) is 31.4. The second-order valence-corrected chi connectivity index (χ2v) is 28.5. The molecule has 45 nitrogen and oxygen atoms in total. The number of nitrogens with zero attached hydrogens (tertiary/aromatic N) is 18. The zero-order valence-corrected chi connectivity index (χ0v) is 68.5. The zero-order chi connectivity index (χ0) is 81.9. The summed E-state index contributed by atoms with van der Waals surface area (Å²) in [6, 6.07) is 0. The normalized spacial score (nSPS) is 25.1. The molecule has 0 aliphatic carbocycles. The minimum absolute atomic E-state index is 0. The molecule has 16 N–H and O–H groups in total. The Labute approximate surface area is 689 Å². The highest BCUT2D eigenvalue weighted by atomic mass is 127. The number of aromatic nitrogens is 20. The van der Waals surface area contributed by atoms with Crippen LogP contribution in [0.4, 0.5) is 33.5 Å². The molecule has 0 saturated carbocycles. The highest BCUT2D eigenvalue weighted by Crippen LogP contribution is 2.45. The number of fused-ring (bicyclic) bond motifs is 6. The number of H-pyrrole nitrogens is 2. The van der Waals surface area contributed by atoms with E-state index in [0.717, 1.165) is 14.5 Å². The molecule has 16 atom stereocenters. The molecule has 5 aliphatic rings. The Morgan fingerprint density at radius 1 is 0.527 bits per heavy atom. The van der Waals surface area contributed by atoms with Gasteiger partial charge in [-0.25, -0.2) is 63.9 Å². The number of nitrogens with one attached hydrogen (secondary N) is 2. The first-order valence-corrected chi connectivity index (χ1v) is 37.2. The number of nitrogens with two attached hydrogens (primary N) is 5. The predicted molar refractivity (Wildman–Crippen MR) is 421 cm³/mol. The Balaban J connectivity index is 0.000000172. The number of carbonyl (C=O) groups excluding carboxylic acids is 5. The first kappa shape index (κ1) is 87.5. The van der Waals surface area contributed by atoms with Crippen LogP contribution in [0.3, 0.4) is 0 Å². The fraction of sp³-hybridized carbons (Fsp3) is 0.516. The molecule has 0 radical (unpaired) electrons. The summed E-state index contributed by atoms with van der Waals surface area (Å²) in [5, 5.41) is 68.2. The van der Waals surface area contributed by atoms with Crippen molar-refractivity contribution in [2.24, 2.45) is 0 Å². The number of nitrogen functional groups attached to an aromatic ring is 5. The van der Waals surface area contributed by atoms with Crippen molar-refractivity contribution >= 4 is 204 Å². The maximum Gasteiger partial charge on any atom is 0.305 e. The van der Waals surface area contributed by atoms with E-state index < -0.39 is 142 Å². The van der Waals surface area contributed by atoms with E-state index in [2.05, 4.69) is 131 Å². The summed E-state index contributed by atoms with van der Waals surface area (Å²) < 4.78 is 83.2. The van der Waals surface area contributed by atoms with Gasteiger partial charge in [-0.3, -0.25) is 38.6 Å². The van der Waals surface area contributed by atoms with Gasteiger partial charge in [0.1, 0.15) is 124 Å². The summed E-state index contributed by atoms with van der Waals surface area (Å²) in [6.45, 7) is 13.1. The molecular formula is C62H80FI4N25O20. The highest BCUT2D eigenvalue weighted by molar-refractivity contribution is 14.1. The lowest BCUT2D eigenvalue weighted by molar-refractivity contribution is -0.201. The lowest BCUT2D eigenvalue weighted by Gasteiger charge is -2.23. The lowest BCUT2D eigenvalue weighted by Crippen LogP contribution is -2.40. The van der Waals surface area contributed by atoms with Crippen molar-refractivity contribution in [2.45, 2.75) is 187 Å². The molecule has 5 aliphatic heterocycles. The van der Waals surface area contributed by atoms with Crippen molar-refractivity contribution in [2.75, 3.05) is 49.0 Å². The van der Waals surface area contributed by atoms with Gasteiger partial charge in [-0.05, 0) is 117 Å². The molecule has 50 heteroatoms. The molecule has 0 amide bonds. The Bertz CT molecular complexity index is 4960. The van der Waals surface area contributed by atoms with Gasteiger partial charge in [0.15, 0.2) is 71.0 Å². The van der Waals surface area contributed by atoms with Crippen molar-refractivity contribution in [3.8, 4) is 0 Å². The molecule has 112 heavy (non-hydrogen) atoms. The van der Waals surface area contributed by atoms with Crippen molar-refractivity contribution in [3.05, 3.63) is 52.6 Å². The SMILES string of the molecule is C.CC1(C)O[C@@H]2[C@H](O1)[C@@H](CO)O[C@H]2n1nc(I)c2c(N)ncnc21.CC[C@H]1OC(OC(C)=O)[C@H](OC(C)=O)[C@@H]1OC(C)=O.CC[C@H]1O[C@@H](n2nc(I)c3c(N)ncnc32)[C@H](OC(C)=O)[C@@H]1OC(C)=O.Nc1ncnc2[nH]ncc12.Nc1ncnc2c1c(I)nn2[C@@H]1O[C@H](CO)[C@@H](O)[C@H]1O.Nc1ncnc2n[nH]c(I)c12.[2H]CF. The molecule has 5 fully saturated rings. The monoisotopic (exact) mass is 2020 g/mol. The second kappa shape index (κ2) is 39.1. The highest BCUT2D eigenvalue weighted by Gasteiger charge is 2.57. The Morgan fingerprint density at radius 3 is 1.39 bits per heavy atom. The summed E-state index contributed by atoms with van der Waals surface area (Å²) in [6.07, 6.45) is -2.71. The van der Waals surface area contributed by atoms with Crippen molar-refractivity contribution < 1.29 is 102 Å². The van der Waals surface area contributed by atoms with Gasteiger partial charge in [0.05, 0.1) is 54.9 Å². The van der Waals surface area contributed by atoms with Crippen molar-refractivity contribution in [1.82, 2.24) is 99.6 Å².